The minimum Gasteiger partial charge on any atom is -0.382 e. The van der Waals surface area contributed by atoms with Crippen LogP contribution in [0.4, 0.5) is 32.1 Å². The number of hydrogen-bond donors (Lipinski definition) is 4. The van der Waals surface area contributed by atoms with Crippen LogP contribution in [-0.4, -0.2) is 26.3 Å². The van der Waals surface area contributed by atoms with Crippen molar-refractivity contribution in [3.63, 3.8) is 0 Å². The van der Waals surface area contributed by atoms with Crippen LogP contribution in [0.2, 0.25) is 0 Å². The van der Waals surface area contributed by atoms with Gasteiger partial charge in [-0.3, -0.25) is 9.20 Å². The first kappa shape index (κ1) is 20.4. The summed E-state index contributed by atoms with van der Waals surface area (Å²) in [6.45, 7) is 0. The number of aromatic nitrogens is 3. The molecule has 9 nitrogen and oxygen atoms in total. The molecule has 5 rings (SSSR count). The average Bonchev–Trinajstić information content (AvgIpc) is 3.55. The van der Waals surface area contributed by atoms with Crippen LogP contribution in [0.3, 0.4) is 0 Å². The largest absolute Gasteiger partial charge is 0.382 e. The minimum atomic E-state index is -0.516. The van der Waals surface area contributed by atoms with E-state index in [0.717, 1.165) is 18.7 Å². The number of nitrogens with zero attached hydrogens (tertiary/aromatic N) is 3. The molecule has 10 heteroatoms. The molecular formula is C23H20FN7O2. The summed E-state index contributed by atoms with van der Waals surface area (Å²) in [5.41, 5.74) is 8.10. The summed E-state index contributed by atoms with van der Waals surface area (Å²) in [5.74, 6) is 0.535. The van der Waals surface area contributed by atoms with Crippen molar-refractivity contribution >= 4 is 40.3 Å². The Hall–Kier alpha value is -4.47. The van der Waals surface area contributed by atoms with Gasteiger partial charge in [0.15, 0.2) is 5.69 Å². The van der Waals surface area contributed by atoms with Crippen molar-refractivity contribution in [2.75, 3.05) is 21.7 Å². The van der Waals surface area contributed by atoms with Crippen LogP contribution in [0.25, 0.3) is 5.52 Å². The van der Waals surface area contributed by atoms with Crippen LogP contribution in [0.1, 0.15) is 35.1 Å². The number of rotatable bonds is 5. The average molecular weight is 445 g/mol. The lowest BCUT2D eigenvalue weighted by Crippen LogP contribution is -2.19. The molecule has 3 amide bonds. The zero-order chi connectivity index (χ0) is 22.9. The second-order valence-electron chi connectivity index (χ2n) is 7.74. The lowest BCUT2D eigenvalue weighted by molar-refractivity contribution is 0.102. The van der Waals surface area contributed by atoms with E-state index >= 15 is 0 Å². The van der Waals surface area contributed by atoms with Crippen LogP contribution >= 0.6 is 0 Å². The lowest BCUT2D eigenvalue weighted by atomic mass is 10.2. The molecule has 0 atom stereocenters. The highest BCUT2D eigenvalue weighted by Gasteiger charge is 2.31. The SMILES string of the molecule is Nc1nccn2c(C3CC3)nc(C(=O)Nc3ccc(NC(=O)Nc4cccc(F)c4)cc3)c12. The second kappa shape index (κ2) is 8.23. The maximum atomic E-state index is 13.2. The monoisotopic (exact) mass is 445 g/mol. The van der Waals surface area contributed by atoms with E-state index in [1.165, 1.54) is 18.2 Å². The second-order valence-corrected chi connectivity index (χ2v) is 7.74. The summed E-state index contributed by atoms with van der Waals surface area (Å²) in [6.07, 6.45) is 5.42. The summed E-state index contributed by atoms with van der Waals surface area (Å²) in [6, 6.07) is 11.7. The highest BCUT2D eigenvalue weighted by molar-refractivity contribution is 6.09. The molecule has 1 fully saturated rings. The number of anilines is 4. The number of urea groups is 1. The molecule has 1 aliphatic rings. The summed E-state index contributed by atoms with van der Waals surface area (Å²) in [7, 11) is 0. The van der Waals surface area contributed by atoms with Gasteiger partial charge in [-0.1, -0.05) is 6.07 Å². The molecule has 2 aromatic carbocycles. The molecular weight excluding hydrogens is 425 g/mol. The minimum absolute atomic E-state index is 0.221. The predicted octanol–water partition coefficient (Wildman–Crippen LogP) is 4.22. The molecule has 4 aromatic rings. The Bertz CT molecular complexity index is 1360. The quantitative estimate of drug-likeness (QED) is 0.366. The summed E-state index contributed by atoms with van der Waals surface area (Å²) < 4.78 is 15.1. The van der Waals surface area contributed by atoms with Gasteiger partial charge in [0.2, 0.25) is 0 Å². The summed E-state index contributed by atoms with van der Waals surface area (Å²) in [4.78, 5) is 33.7. The van der Waals surface area contributed by atoms with Crippen molar-refractivity contribution in [1.29, 1.82) is 0 Å². The van der Waals surface area contributed by atoms with Gasteiger partial charge in [0, 0.05) is 35.4 Å². The van der Waals surface area contributed by atoms with Gasteiger partial charge in [0.05, 0.1) is 0 Å². The topological polar surface area (TPSA) is 126 Å². The molecule has 1 aliphatic carbocycles. The standard InChI is InChI=1S/C23H20FN7O2/c24-14-2-1-3-17(12-14)29-23(33)28-16-8-6-15(7-9-16)27-22(32)18-19-20(25)26-10-11-31(19)21(30-18)13-4-5-13/h1-3,6-13H,4-5H2,(H2,25,26)(H,27,32)(H2,28,29,33). The van der Waals surface area contributed by atoms with E-state index < -0.39 is 17.8 Å². The fourth-order valence-electron chi connectivity index (χ4n) is 3.56. The molecule has 0 saturated heterocycles. The number of halogens is 1. The van der Waals surface area contributed by atoms with Crippen molar-refractivity contribution in [2.45, 2.75) is 18.8 Å². The van der Waals surface area contributed by atoms with Crippen molar-refractivity contribution in [3.8, 4) is 0 Å². The van der Waals surface area contributed by atoms with Gasteiger partial charge >= 0.3 is 6.03 Å². The van der Waals surface area contributed by atoms with Gasteiger partial charge in [-0.2, -0.15) is 0 Å². The van der Waals surface area contributed by atoms with Gasteiger partial charge in [0.1, 0.15) is 23.0 Å². The van der Waals surface area contributed by atoms with E-state index in [2.05, 4.69) is 25.9 Å². The third-order valence-corrected chi connectivity index (χ3v) is 5.25. The zero-order valence-electron chi connectivity index (χ0n) is 17.4. The van der Waals surface area contributed by atoms with Gasteiger partial charge in [-0.25, -0.2) is 19.2 Å². The van der Waals surface area contributed by atoms with Gasteiger partial charge in [0.25, 0.3) is 5.91 Å². The third-order valence-electron chi connectivity index (χ3n) is 5.25. The lowest BCUT2D eigenvalue weighted by Gasteiger charge is -2.09. The van der Waals surface area contributed by atoms with Crippen LogP contribution in [-0.2, 0) is 0 Å². The number of carbonyl (C=O) groups excluding carboxylic acids is 2. The number of fused-ring (bicyclic) bond motifs is 1. The van der Waals surface area contributed by atoms with Crippen molar-refractivity contribution < 1.29 is 14.0 Å². The Morgan fingerprint density at radius 2 is 1.70 bits per heavy atom. The Morgan fingerprint density at radius 1 is 1.00 bits per heavy atom. The Labute approximate surface area is 187 Å². The van der Waals surface area contributed by atoms with E-state index in [-0.39, 0.29) is 11.5 Å². The molecule has 33 heavy (non-hydrogen) atoms. The van der Waals surface area contributed by atoms with Crippen LogP contribution < -0.4 is 21.7 Å². The van der Waals surface area contributed by atoms with E-state index in [1.807, 2.05) is 4.40 Å². The Kier molecular flexibility index (Phi) is 5.09. The van der Waals surface area contributed by atoms with E-state index in [9.17, 15) is 14.0 Å². The van der Waals surface area contributed by atoms with Crippen LogP contribution in [0.15, 0.2) is 60.9 Å². The number of amides is 3. The predicted molar refractivity (Wildman–Crippen MR) is 123 cm³/mol. The molecule has 0 spiro atoms. The van der Waals surface area contributed by atoms with Gasteiger partial charge in [-0.15, -0.1) is 0 Å². The molecule has 1 saturated carbocycles. The molecule has 0 aliphatic heterocycles. The maximum Gasteiger partial charge on any atom is 0.323 e. The normalized spacial score (nSPS) is 13.0. The maximum absolute atomic E-state index is 13.2. The first-order valence-electron chi connectivity index (χ1n) is 10.4. The highest BCUT2D eigenvalue weighted by Crippen LogP contribution is 2.40. The zero-order valence-corrected chi connectivity index (χ0v) is 17.4. The number of benzene rings is 2. The molecule has 2 aromatic heterocycles. The van der Waals surface area contributed by atoms with E-state index in [4.69, 9.17) is 5.73 Å². The van der Waals surface area contributed by atoms with Crippen molar-refractivity contribution in [3.05, 3.63) is 78.3 Å². The molecule has 0 unspecified atom stereocenters. The van der Waals surface area contributed by atoms with Crippen molar-refractivity contribution in [1.82, 2.24) is 14.4 Å². The molecule has 5 N–H and O–H groups in total. The number of carbonyl (C=O) groups is 2. The molecule has 2 heterocycles. The number of nitrogen functional groups attached to an aromatic ring is 1. The summed E-state index contributed by atoms with van der Waals surface area (Å²) >= 11 is 0. The smallest absolute Gasteiger partial charge is 0.323 e. The van der Waals surface area contributed by atoms with Gasteiger partial charge < -0.3 is 21.7 Å². The number of nitrogens with one attached hydrogen (secondary N) is 3. The Balaban J connectivity index is 1.28. The Morgan fingerprint density at radius 3 is 2.39 bits per heavy atom. The first-order chi connectivity index (χ1) is 16.0. The molecule has 0 radical (unpaired) electrons. The number of nitrogens with two attached hydrogens (primary N) is 1. The third kappa shape index (κ3) is 4.31. The van der Waals surface area contributed by atoms with Gasteiger partial charge in [-0.05, 0) is 55.3 Å². The van der Waals surface area contributed by atoms with Crippen molar-refractivity contribution in [2.24, 2.45) is 0 Å². The van der Waals surface area contributed by atoms with E-state index in [1.54, 1.807) is 42.7 Å². The number of imidazole rings is 1. The molecule has 166 valence electrons. The number of hydrogen-bond acceptors (Lipinski definition) is 5. The molecule has 0 bridgehead atoms. The highest BCUT2D eigenvalue weighted by atomic mass is 19.1. The fraction of sp³-hybridized carbons (Fsp3) is 0.130. The van der Waals surface area contributed by atoms with Crippen LogP contribution in [0.5, 0.6) is 0 Å². The fourth-order valence-corrected chi connectivity index (χ4v) is 3.56. The van der Waals surface area contributed by atoms with Crippen LogP contribution in [0, 0.1) is 5.82 Å². The van der Waals surface area contributed by atoms with E-state index in [0.29, 0.717) is 28.5 Å². The first-order valence-corrected chi connectivity index (χ1v) is 10.4. The summed E-state index contributed by atoms with van der Waals surface area (Å²) in [5, 5.41) is 8.01.